The van der Waals surface area contributed by atoms with Crippen molar-refractivity contribution < 1.29 is 5.48 Å². The molecule has 3 N–H and O–H groups in total. The van der Waals surface area contributed by atoms with Gasteiger partial charge in [-0.15, -0.1) is 23.2 Å². The van der Waals surface area contributed by atoms with Crippen molar-refractivity contribution in [2.24, 2.45) is 0 Å². The molecule has 0 amide bonds. The number of hydrogen-bond donors (Lipinski definition) is 1. The molecule has 0 aliphatic rings. The van der Waals surface area contributed by atoms with E-state index in [2.05, 4.69) is 5.32 Å². The molecule has 8 heavy (non-hydrogen) atoms. The molecule has 0 aromatic rings. The van der Waals surface area contributed by atoms with Gasteiger partial charge in [-0.3, -0.25) is 5.32 Å². The van der Waals surface area contributed by atoms with Crippen LogP contribution in [-0.4, -0.2) is 16.5 Å². The van der Waals surface area contributed by atoms with Crippen LogP contribution in [-0.2, 0) is 0 Å². The summed E-state index contributed by atoms with van der Waals surface area (Å²) >= 11 is 11.0. The summed E-state index contributed by atoms with van der Waals surface area (Å²) in [5.74, 6) is 0. The molecule has 0 aromatic heterocycles. The van der Waals surface area contributed by atoms with E-state index >= 15 is 0 Å². The third-order valence-electron chi connectivity index (χ3n) is 0.459. The van der Waals surface area contributed by atoms with Gasteiger partial charge >= 0.3 is 0 Å². The highest BCUT2D eigenvalue weighted by Gasteiger charge is 1.96. The van der Waals surface area contributed by atoms with Crippen molar-refractivity contribution in [3.63, 3.8) is 0 Å². The highest BCUT2D eigenvalue weighted by atomic mass is 35.5. The predicted octanol–water partition coefficient (Wildman–Crippen LogP) is 0.921. The minimum absolute atomic E-state index is 0. The lowest BCUT2D eigenvalue weighted by atomic mass is 10.6. The van der Waals surface area contributed by atoms with Crippen LogP contribution in [0.4, 0.5) is 0 Å². The molecule has 0 saturated heterocycles. The van der Waals surface area contributed by atoms with E-state index in [1.165, 1.54) is 0 Å². The van der Waals surface area contributed by atoms with Crippen molar-refractivity contribution in [1.29, 1.82) is 0 Å². The van der Waals surface area contributed by atoms with Crippen LogP contribution in [0.15, 0.2) is 0 Å². The normalized spacial score (nSPS) is 16.5. The van der Waals surface area contributed by atoms with Crippen molar-refractivity contribution in [1.82, 2.24) is 5.32 Å². The van der Waals surface area contributed by atoms with Gasteiger partial charge in [0.15, 0.2) is 0 Å². The molecule has 0 aliphatic heterocycles. The van der Waals surface area contributed by atoms with Crippen molar-refractivity contribution in [2.45, 2.75) is 24.8 Å². The summed E-state index contributed by atoms with van der Waals surface area (Å²) in [4.78, 5) is 0. The third kappa shape index (κ3) is 9.71. The Morgan fingerprint density at radius 3 is 1.38 bits per heavy atom. The standard InChI is InChI=1S/C4H9Cl2N.H2O/c1-3(5)7-4(2)6;/h3-4,7H,1-2H3;1H2. The van der Waals surface area contributed by atoms with Crippen LogP contribution in [0.3, 0.4) is 0 Å². The van der Waals surface area contributed by atoms with E-state index < -0.39 is 0 Å². The Kier molecular flexibility index (Phi) is 7.97. The van der Waals surface area contributed by atoms with Gasteiger partial charge in [-0.25, -0.2) is 0 Å². The molecule has 4 heteroatoms. The smallest absolute Gasteiger partial charge is 0.0807 e. The fourth-order valence-electron chi connectivity index (χ4n) is 0.316. The summed E-state index contributed by atoms with van der Waals surface area (Å²) in [5.41, 5.74) is -0.0694. The van der Waals surface area contributed by atoms with Gasteiger partial charge in [-0.05, 0) is 13.8 Å². The topological polar surface area (TPSA) is 43.5 Å². The second kappa shape index (κ2) is 5.63. The van der Waals surface area contributed by atoms with E-state index in [9.17, 15) is 0 Å². The Balaban J connectivity index is 0. The average molecular weight is 160 g/mol. The lowest BCUT2D eigenvalue weighted by Gasteiger charge is -2.06. The largest absolute Gasteiger partial charge is 0.412 e. The minimum atomic E-state index is -0.0347. The maximum absolute atomic E-state index is 5.48. The lowest BCUT2D eigenvalue weighted by molar-refractivity contribution is 0.667. The van der Waals surface area contributed by atoms with Crippen LogP contribution in [0.2, 0.25) is 0 Å². The summed E-state index contributed by atoms with van der Waals surface area (Å²) in [6.07, 6.45) is 0. The zero-order valence-electron chi connectivity index (χ0n) is 4.91. The third-order valence-corrected chi connectivity index (χ3v) is 0.711. The zero-order chi connectivity index (χ0) is 5.86. The van der Waals surface area contributed by atoms with Gasteiger partial charge in [-0.2, -0.15) is 0 Å². The molecule has 0 aliphatic carbocycles. The van der Waals surface area contributed by atoms with Gasteiger partial charge in [0.2, 0.25) is 0 Å². The quantitative estimate of drug-likeness (QED) is 0.473. The second-order valence-corrected chi connectivity index (χ2v) is 2.71. The number of rotatable bonds is 2. The van der Waals surface area contributed by atoms with Gasteiger partial charge in [0.1, 0.15) is 0 Å². The summed E-state index contributed by atoms with van der Waals surface area (Å²) in [6, 6.07) is 0. The fourth-order valence-corrected chi connectivity index (χ4v) is 0.759. The van der Waals surface area contributed by atoms with E-state index in [0.29, 0.717) is 0 Å². The molecule has 52 valence electrons. The summed E-state index contributed by atoms with van der Waals surface area (Å²) in [6.45, 7) is 3.67. The number of alkyl halides is 2. The van der Waals surface area contributed by atoms with Crippen LogP contribution >= 0.6 is 23.2 Å². The van der Waals surface area contributed by atoms with Gasteiger partial charge in [-0.1, -0.05) is 0 Å². The molecule has 0 rings (SSSR count). The van der Waals surface area contributed by atoms with Crippen molar-refractivity contribution in [3.05, 3.63) is 0 Å². The van der Waals surface area contributed by atoms with Crippen LogP contribution in [0.25, 0.3) is 0 Å². The van der Waals surface area contributed by atoms with E-state index in [1.807, 2.05) is 13.8 Å². The van der Waals surface area contributed by atoms with Crippen LogP contribution in [0.5, 0.6) is 0 Å². The Morgan fingerprint density at radius 1 is 1.12 bits per heavy atom. The Morgan fingerprint density at radius 2 is 1.38 bits per heavy atom. The molecule has 0 bridgehead atoms. The maximum Gasteiger partial charge on any atom is 0.0807 e. The Labute approximate surface area is 59.5 Å². The molecule has 0 spiro atoms. The molecular formula is C4H11Cl2NO. The Hall–Kier alpha value is 0.500. The number of hydrogen-bond acceptors (Lipinski definition) is 1. The minimum Gasteiger partial charge on any atom is -0.412 e. The number of halogens is 2. The predicted molar refractivity (Wildman–Crippen MR) is 37.4 cm³/mol. The summed E-state index contributed by atoms with van der Waals surface area (Å²) in [7, 11) is 0. The van der Waals surface area contributed by atoms with E-state index in [-0.39, 0.29) is 16.5 Å². The van der Waals surface area contributed by atoms with E-state index in [0.717, 1.165) is 0 Å². The van der Waals surface area contributed by atoms with Gasteiger partial charge in [0, 0.05) is 0 Å². The Bertz CT molecular complexity index is 43.3. The monoisotopic (exact) mass is 159 g/mol. The molecule has 2 nitrogen and oxygen atoms in total. The first-order valence-electron chi connectivity index (χ1n) is 2.17. The molecule has 2 unspecified atom stereocenters. The van der Waals surface area contributed by atoms with Crippen LogP contribution in [0.1, 0.15) is 13.8 Å². The van der Waals surface area contributed by atoms with Crippen molar-refractivity contribution >= 4 is 23.2 Å². The van der Waals surface area contributed by atoms with E-state index in [1.54, 1.807) is 0 Å². The SMILES string of the molecule is CC(Cl)NC(C)Cl.O. The fraction of sp³-hybridized carbons (Fsp3) is 1.00. The first kappa shape index (κ1) is 11.3. The van der Waals surface area contributed by atoms with E-state index in [4.69, 9.17) is 23.2 Å². The highest BCUT2D eigenvalue weighted by molar-refractivity contribution is 6.22. The van der Waals surface area contributed by atoms with Crippen LogP contribution in [0, 0.1) is 0 Å². The lowest BCUT2D eigenvalue weighted by Crippen LogP contribution is -2.25. The first-order chi connectivity index (χ1) is 3.13. The maximum atomic E-state index is 5.48. The molecule has 0 aromatic carbocycles. The molecule has 0 saturated carbocycles. The van der Waals surface area contributed by atoms with Gasteiger partial charge in [0.05, 0.1) is 11.0 Å². The molecule has 0 radical (unpaired) electrons. The molecule has 0 heterocycles. The zero-order valence-corrected chi connectivity index (χ0v) is 6.42. The van der Waals surface area contributed by atoms with Crippen molar-refractivity contribution in [2.75, 3.05) is 0 Å². The summed E-state index contributed by atoms with van der Waals surface area (Å²) in [5, 5.41) is 2.84. The van der Waals surface area contributed by atoms with Gasteiger partial charge < -0.3 is 5.48 Å². The van der Waals surface area contributed by atoms with Crippen LogP contribution < -0.4 is 5.32 Å². The molecular weight excluding hydrogens is 149 g/mol. The summed E-state index contributed by atoms with van der Waals surface area (Å²) < 4.78 is 0. The molecule has 2 atom stereocenters. The average Bonchev–Trinajstić information content (AvgIpc) is 1.27. The van der Waals surface area contributed by atoms with Gasteiger partial charge in [0.25, 0.3) is 0 Å². The first-order valence-corrected chi connectivity index (χ1v) is 3.04. The highest BCUT2D eigenvalue weighted by Crippen LogP contribution is 1.93. The van der Waals surface area contributed by atoms with Crippen molar-refractivity contribution in [3.8, 4) is 0 Å². The second-order valence-electron chi connectivity index (χ2n) is 1.40. The number of nitrogens with one attached hydrogen (secondary N) is 1. The molecule has 0 fully saturated rings.